The quantitative estimate of drug-likeness (QED) is 0.509. The molecule has 0 unspecified atom stereocenters. The van der Waals surface area contributed by atoms with Gasteiger partial charge in [-0.05, 0) is 61.8 Å². The third kappa shape index (κ3) is 2.73. The summed E-state index contributed by atoms with van der Waals surface area (Å²) >= 11 is 1.44. The Balaban J connectivity index is 1.55. The number of nitrogens with zero attached hydrogens (tertiary/aromatic N) is 2. The lowest BCUT2D eigenvalue weighted by Crippen LogP contribution is -2.36. The zero-order chi connectivity index (χ0) is 19.3. The number of aldehydes is 1. The SMILES string of the molecule is O=Cc1ccc2c(c1)sc1nc(-c3ccc(C4(F)CCNCC4)cc3F)cn12. The Morgan fingerprint density at radius 3 is 2.75 bits per heavy atom. The summed E-state index contributed by atoms with van der Waals surface area (Å²) in [6.45, 7) is 1.19. The molecule has 4 aromatic rings. The Bertz CT molecular complexity index is 1210. The summed E-state index contributed by atoms with van der Waals surface area (Å²) in [6.07, 6.45) is 3.29. The van der Waals surface area contributed by atoms with Gasteiger partial charge in [0.1, 0.15) is 17.8 Å². The van der Waals surface area contributed by atoms with Crippen molar-refractivity contribution in [3.05, 3.63) is 59.5 Å². The van der Waals surface area contributed by atoms with E-state index in [9.17, 15) is 9.18 Å². The minimum Gasteiger partial charge on any atom is -0.316 e. The highest BCUT2D eigenvalue weighted by molar-refractivity contribution is 7.23. The molecule has 0 radical (unpaired) electrons. The van der Waals surface area contributed by atoms with Crippen LogP contribution in [0.2, 0.25) is 0 Å². The summed E-state index contributed by atoms with van der Waals surface area (Å²) in [5, 5.41) is 3.13. The van der Waals surface area contributed by atoms with Crippen LogP contribution in [-0.4, -0.2) is 28.8 Å². The minimum absolute atomic E-state index is 0.348. The van der Waals surface area contributed by atoms with Gasteiger partial charge in [-0.1, -0.05) is 17.4 Å². The molecule has 7 heteroatoms. The van der Waals surface area contributed by atoms with Gasteiger partial charge in [-0.15, -0.1) is 0 Å². The summed E-state index contributed by atoms with van der Waals surface area (Å²) in [6, 6.07) is 10.0. The number of aromatic nitrogens is 2. The van der Waals surface area contributed by atoms with Crippen LogP contribution in [0.4, 0.5) is 8.78 Å². The number of nitrogens with one attached hydrogen (secondary N) is 1. The van der Waals surface area contributed by atoms with E-state index in [1.165, 1.54) is 17.4 Å². The van der Waals surface area contributed by atoms with Crippen molar-refractivity contribution in [2.75, 3.05) is 13.1 Å². The molecule has 0 spiro atoms. The smallest absolute Gasteiger partial charge is 0.195 e. The van der Waals surface area contributed by atoms with Crippen LogP contribution in [0.15, 0.2) is 42.6 Å². The molecule has 0 bridgehead atoms. The van der Waals surface area contributed by atoms with Crippen molar-refractivity contribution in [2.45, 2.75) is 18.5 Å². The van der Waals surface area contributed by atoms with E-state index in [-0.39, 0.29) is 0 Å². The molecule has 2 aromatic carbocycles. The number of alkyl halides is 1. The predicted octanol–water partition coefficient (Wildman–Crippen LogP) is 4.72. The van der Waals surface area contributed by atoms with Crippen LogP contribution in [0.1, 0.15) is 28.8 Å². The van der Waals surface area contributed by atoms with Gasteiger partial charge in [-0.3, -0.25) is 9.20 Å². The zero-order valence-electron chi connectivity index (χ0n) is 14.9. The molecule has 5 rings (SSSR count). The lowest BCUT2D eigenvalue weighted by Gasteiger charge is -2.30. The molecule has 142 valence electrons. The Labute approximate surface area is 163 Å². The fourth-order valence-electron chi connectivity index (χ4n) is 3.83. The van der Waals surface area contributed by atoms with Crippen LogP contribution >= 0.6 is 11.3 Å². The number of carbonyl (C=O) groups excluding carboxylic acids is 1. The number of rotatable bonds is 3. The highest BCUT2D eigenvalue weighted by Gasteiger charge is 2.34. The van der Waals surface area contributed by atoms with E-state index in [0.717, 1.165) is 21.5 Å². The molecule has 28 heavy (non-hydrogen) atoms. The van der Waals surface area contributed by atoms with Crippen molar-refractivity contribution >= 4 is 32.8 Å². The zero-order valence-corrected chi connectivity index (χ0v) is 15.7. The highest BCUT2D eigenvalue weighted by atomic mass is 32.1. The van der Waals surface area contributed by atoms with Gasteiger partial charge >= 0.3 is 0 Å². The molecular weight excluding hydrogens is 380 g/mol. The highest BCUT2D eigenvalue weighted by Crippen LogP contribution is 2.37. The van der Waals surface area contributed by atoms with E-state index in [1.54, 1.807) is 24.4 Å². The van der Waals surface area contributed by atoms with Crippen molar-refractivity contribution in [2.24, 2.45) is 0 Å². The fourth-order valence-corrected chi connectivity index (χ4v) is 4.89. The van der Waals surface area contributed by atoms with Crippen molar-refractivity contribution in [1.82, 2.24) is 14.7 Å². The predicted molar refractivity (Wildman–Crippen MR) is 106 cm³/mol. The second kappa shape index (κ2) is 6.46. The first-order valence-electron chi connectivity index (χ1n) is 9.14. The molecule has 0 amide bonds. The van der Waals surface area contributed by atoms with Crippen LogP contribution in [0.3, 0.4) is 0 Å². The van der Waals surface area contributed by atoms with E-state index in [1.807, 2.05) is 16.5 Å². The molecule has 1 aliphatic rings. The van der Waals surface area contributed by atoms with Gasteiger partial charge in [0.05, 0.1) is 15.9 Å². The van der Waals surface area contributed by atoms with E-state index in [2.05, 4.69) is 10.3 Å². The van der Waals surface area contributed by atoms with Crippen molar-refractivity contribution in [1.29, 1.82) is 0 Å². The molecule has 1 saturated heterocycles. The average Bonchev–Trinajstić information content (AvgIpc) is 3.25. The third-order valence-corrected chi connectivity index (χ3v) is 6.43. The van der Waals surface area contributed by atoms with Crippen molar-refractivity contribution < 1.29 is 13.6 Å². The Morgan fingerprint density at radius 2 is 2.00 bits per heavy atom. The minimum atomic E-state index is -1.48. The van der Waals surface area contributed by atoms with Crippen LogP contribution in [0.5, 0.6) is 0 Å². The second-order valence-corrected chi connectivity index (χ2v) is 8.14. The molecule has 1 N–H and O–H groups in total. The van der Waals surface area contributed by atoms with Gasteiger partial charge in [0.2, 0.25) is 0 Å². The van der Waals surface area contributed by atoms with E-state index < -0.39 is 11.5 Å². The molecule has 3 heterocycles. The molecule has 2 aromatic heterocycles. The number of imidazole rings is 1. The largest absolute Gasteiger partial charge is 0.316 e. The van der Waals surface area contributed by atoms with Crippen LogP contribution < -0.4 is 5.32 Å². The average molecular weight is 397 g/mol. The second-order valence-electron chi connectivity index (χ2n) is 7.14. The Morgan fingerprint density at radius 1 is 1.18 bits per heavy atom. The molecule has 1 aliphatic heterocycles. The van der Waals surface area contributed by atoms with Gasteiger partial charge in [0, 0.05) is 17.3 Å². The maximum Gasteiger partial charge on any atom is 0.195 e. The standard InChI is InChI=1S/C21H17F2N3OS/c22-16-10-14(21(23)5-7-24-8-6-21)2-3-15(16)17-11-26-18-4-1-13(12-27)9-19(18)28-20(26)25-17/h1-4,9-12,24H,5-8H2. The number of carbonyl (C=O) groups is 1. The molecule has 0 atom stereocenters. The van der Waals surface area contributed by atoms with Crippen LogP contribution in [0.25, 0.3) is 26.4 Å². The van der Waals surface area contributed by atoms with Crippen molar-refractivity contribution in [3.63, 3.8) is 0 Å². The first kappa shape index (κ1) is 17.5. The lowest BCUT2D eigenvalue weighted by molar-refractivity contribution is 0.112. The first-order valence-corrected chi connectivity index (χ1v) is 9.96. The van der Waals surface area contributed by atoms with Gasteiger partial charge in [0.15, 0.2) is 4.96 Å². The number of thiazole rings is 1. The van der Waals surface area contributed by atoms with Crippen LogP contribution in [-0.2, 0) is 5.67 Å². The number of halogens is 2. The fraction of sp³-hybridized carbons (Fsp3) is 0.238. The number of hydrogen-bond acceptors (Lipinski definition) is 4. The van der Waals surface area contributed by atoms with E-state index >= 15 is 4.39 Å². The Kier molecular flexibility index (Phi) is 4.03. The number of fused-ring (bicyclic) bond motifs is 3. The number of benzene rings is 2. The Hall–Kier alpha value is -2.64. The van der Waals surface area contributed by atoms with Gasteiger partial charge in [-0.25, -0.2) is 13.8 Å². The van der Waals surface area contributed by atoms with Crippen LogP contribution in [0, 0.1) is 5.82 Å². The summed E-state index contributed by atoms with van der Waals surface area (Å²) in [5.41, 5.74) is 1.30. The van der Waals surface area contributed by atoms with E-state index in [0.29, 0.717) is 48.3 Å². The third-order valence-electron chi connectivity index (χ3n) is 5.41. The topological polar surface area (TPSA) is 46.4 Å². The molecule has 1 fully saturated rings. The van der Waals surface area contributed by atoms with Gasteiger partial charge in [0.25, 0.3) is 0 Å². The van der Waals surface area contributed by atoms with Crippen molar-refractivity contribution in [3.8, 4) is 11.3 Å². The summed E-state index contributed by atoms with van der Waals surface area (Å²) in [5.74, 6) is -0.466. The summed E-state index contributed by atoms with van der Waals surface area (Å²) in [7, 11) is 0. The molecular formula is C21H17F2N3OS. The maximum absolute atomic E-state index is 15.1. The van der Waals surface area contributed by atoms with E-state index in [4.69, 9.17) is 0 Å². The summed E-state index contributed by atoms with van der Waals surface area (Å²) in [4.78, 5) is 16.2. The molecule has 0 saturated carbocycles. The lowest BCUT2D eigenvalue weighted by atomic mass is 9.86. The summed E-state index contributed by atoms with van der Waals surface area (Å²) < 4.78 is 32.8. The number of hydrogen-bond donors (Lipinski definition) is 1. The monoisotopic (exact) mass is 397 g/mol. The number of piperidine rings is 1. The molecule has 4 nitrogen and oxygen atoms in total. The maximum atomic E-state index is 15.1. The first-order chi connectivity index (χ1) is 13.6. The van der Waals surface area contributed by atoms with Gasteiger partial charge < -0.3 is 5.32 Å². The molecule has 0 aliphatic carbocycles. The normalized spacial score (nSPS) is 16.6. The van der Waals surface area contributed by atoms with Gasteiger partial charge in [-0.2, -0.15) is 0 Å².